The molecule has 0 aliphatic carbocycles. The van der Waals surface area contributed by atoms with Crippen LogP contribution in [0.5, 0.6) is 0 Å². The van der Waals surface area contributed by atoms with Crippen molar-refractivity contribution in [1.82, 2.24) is 9.88 Å². The van der Waals surface area contributed by atoms with Crippen molar-refractivity contribution >= 4 is 12.4 Å². The molecule has 1 aromatic heterocycles. The van der Waals surface area contributed by atoms with E-state index in [-0.39, 0.29) is 12.4 Å². The molecule has 0 bridgehead atoms. The maximum Gasteiger partial charge on any atom is 0.0372 e. The van der Waals surface area contributed by atoms with Crippen molar-refractivity contribution in [2.45, 2.75) is 32.9 Å². The maximum atomic E-state index is 5.73. The Labute approximate surface area is 110 Å². The molecular formula is C13H22ClN3. The summed E-state index contributed by atoms with van der Waals surface area (Å²) in [6.45, 7) is 7.26. The molecule has 2 heterocycles. The van der Waals surface area contributed by atoms with Crippen LogP contribution in [0.3, 0.4) is 0 Å². The van der Waals surface area contributed by atoms with E-state index < -0.39 is 0 Å². The first-order chi connectivity index (χ1) is 7.69. The molecule has 1 aromatic rings. The average molecular weight is 256 g/mol. The lowest BCUT2D eigenvalue weighted by Crippen LogP contribution is -2.27. The van der Waals surface area contributed by atoms with Gasteiger partial charge in [0.05, 0.1) is 0 Å². The van der Waals surface area contributed by atoms with Gasteiger partial charge in [-0.3, -0.25) is 9.88 Å². The Morgan fingerprint density at radius 1 is 1.47 bits per heavy atom. The molecule has 0 aromatic carbocycles. The Bertz CT molecular complexity index is 339. The summed E-state index contributed by atoms with van der Waals surface area (Å²) >= 11 is 0. The summed E-state index contributed by atoms with van der Waals surface area (Å²) in [6, 6.07) is 4.90. The molecule has 0 amide bonds. The van der Waals surface area contributed by atoms with Crippen LogP contribution in [0.25, 0.3) is 0 Å². The standard InChI is InChI=1S/C13H21N3.ClH/c1-10-3-4-12(7-15-10)8-16-9-13(6-14)5-11(16)2;/h3-4,7,11,13H,5-6,8-9,14H2,1-2H3;1H. The minimum Gasteiger partial charge on any atom is -0.330 e. The van der Waals surface area contributed by atoms with Crippen LogP contribution in [-0.4, -0.2) is 29.0 Å². The van der Waals surface area contributed by atoms with Crippen LogP contribution in [0.15, 0.2) is 18.3 Å². The van der Waals surface area contributed by atoms with Gasteiger partial charge < -0.3 is 5.73 Å². The molecular weight excluding hydrogens is 234 g/mol. The van der Waals surface area contributed by atoms with E-state index >= 15 is 0 Å². The van der Waals surface area contributed by atoms with Gasteiger partial charge in [-0.1, -0.05) is 6.07 Å². The summed E-state index contributed by atoms with van der Waals surface area (Å²) in [7, 11) is 0. The van der Waals surface area contributed by atoms with E-state index in [1.807, 2.05) is 13.1 Å². The molecule has 17 heavy (non-hydrogen) atoms. The van der Waals surface area contributed by atoms with E-state index in [4.69, 9.17) is 5.73 Å². The van der Waals surface area contributed by atoms with E-state index in [1.165, 1.54) is 12.0 Å². The number of hydrogen-bond donors (Lipinski definition) is 1. The second-order valence-corrected chi connectivity index (χ2v) is 4.92. The van der Waals surface area contributed by atoms with Crippen LogP contribution in [0.4, 0.5) is 0 Å². The predicted molar refractivity (Wildman–Crippen MR) is 73.3 cm³/mol. The molecule has 2 rings (SSSR count). The molecule has 3 nitrogen and oxygen atoms in total. The zero-order chi connectivity index (χ0) is 11.5. The number of aromatic nitrogens is 1. The number of aryl methyl sites for hydroxylation is 1. The van der Waals surface area contributed by atoms with E-state index in [0.29, 0.717) is 12.0 Å². The van der Waals surface area contributed by atoms with Gasteiger partial charge >= 0.3 is 0 Å². The molecule has 0 spiro atoms. The quantitative estimate of drug-likeness (QED) is 0.898. The fourth-order valence-electron chi connectivity index (χ4n) is 2.44. The van der Waals surface area contributed by atoms with Gasteiger partial charge in [0.15, 0.2) is 0 Å². The van der Waals surface area contributed by atoms with E-state index in [1.54, 1.807) is 0 Å². The lowest BCUT2D eigenvalue weighted by atomic mass is 10.1. The lowest BCUT2D eigenvalue weighted by molar-refractivity contribution is 0.255. The molecule has 2 N–H and O–H groups in total. The zero-order valence-electron chi connectivity index (χ0n) is 10.6. The molecule has 1 fully saturated rings. The van der Waals surface area contributed by atoms with Crippen LogP contribution in [0.2, 0.25) is 0 Å². The summed E-state index contributed by atoms with van der Waals surface area (Å²) in [5.74, 6) is 0.674. The second kappa shape index (κ2) is 6.34. The molecule has 2 atom stereocenters. The zero-order valence-corrected chi connectivity index (χ0v) is 11.4. The van der Waals surface area contributed by atoms with Gasteiger partial charge in [0.25, 0.3) is 0 Å². The number of rotatable bonds is 3. The van der Waals surface area contributed by atoms with Crippen molar-refractivity contribution in [3.05, 3.63) is 29.6 Å². The van der Waals surface area contributed by atoms with Crippen molar-refractivity contribution in [3.63, 3.8) is 0 Å². The maximum absolute atomic E-state index is 5.73. The van der Waals surface area contributed by atoms with Crippen molar-refractivity contribution in [3.8, 4) is 0 Å². The molecule has 0 radical (unpaired) electrons. The summed E-state index contributed by atoms with van der Waals surface area (Å²) < 4.78 is 0. The fraction of sp³-hybridized carbons (Fsp3) is 0.615. The third-order valence-corrected chi connectivity index (χ3v) is 3.48. The highest BCUT2D eigenvalue weighted by atomic mass is 35.5. The molecule has 1 aliphatic heterocycles. The molecule has 1 saturated heterocycles. The third-order valence-electron chi connectivity index (χ3n) is 3.48. The largest absolute Gasteiger partial charge is 0.330 e. The SMILES string of the molecule is Cc1ccc(CN2CC(CN)CC2C)cn1.Cl. The van der Waals surface area contributed by atoms with Gasteiger partial charge in [-0.05, 0) is 44.4 Å². The van der Waals surface area contributed by atoms with Gasteiger partial charge in [-0.15, -0.1) is 12.4 Å². The first-order valence-corrected chi connectivity index (χ1v) is 6.04. The number of likely N-dealkylation sites (tertiary alicyclic amines) is 1. The van der Waals surface area contributed by atoms with Crippen molar-refractivity contribution in [2.24, 2.45) is 11.7 Å². The molecule has 4 heteroatoms. The lowest BCUT2D eigenvalue weighted by Gasteiger charge is -2.20. The normalized spacial score (nSPS) is 24.6. The van der Waals surface area contributed by atoms with Gasteiger partial charge in [-0.2, -0.15) is 0 Å². The third kappa shape index (κ3) is 3.66. The van der Waals surface area contributed by atoms with Gasteiger partial charge in [0.2, 0.25) is 0 Å². The Kier molecular flexibility index (Phi) is 5.37. The number of halogens is 1. The van der Waals surface area contributed by atoms with Crippen LogP contribution < -0.4 is 5.73 Å². The second-order valence-electron chi connectivity index (χ2n) is 4.92. The number of nitrogens with zero attached hydrogens (tertiary/aromatic N) is 2. The van der Waals surface area contributed by atoms with Crippen LogP contribution in [0, 0.1) is 12.8 Å². The van der Waals surface area contributed by atoms with Crippen molar-refractivity contribution in [1.29, 1.82) is 0 Å². The van der Waals surface area contributed by atoms with Crippen LogP contribution in [-0.2, 0) is 6.54 Å². The van der Waals surface area contributed by atoms with Gasteiger partial charge in [0.1, 0.15) is 0 Å². The van der Waals surface area contributed by atoms with Crippen LogP contribution >= 0.6 is 12.4 Å². The predicted octanol–water partition coefficient (Wildman–Crippen LogP) is 1.98. The molecule has 1 aliphatic rings. The highest BCUT2D eigenvalue weighted by molar-refractivity contribution is 5.85. The number of hydrogen-bond acceptors (Lipinski definition) is 3. The first kappa shape index (κ1) is 14.4. The summed E-state index contributed by atoms with van der Waals surface area (Å²) in [5.41, 5.74) is 8.12. The summed E-state index contributed by atoms with van der Waals surface area (Å²) in [6.07, 6.45) is 3.22. The summed E-state index contributed by atoms with van der Waals surface area (Å²) in [5, 5.41) is 0. The van der Waals surface area contributed by atoms with E-state index in [0.717, 1.165) is 25.3 Å². The van der Waals surface area contributed by atoms with Crippen molar-refractivity contribution in [2.75, 3.05) is 13.1 Å². The van der Waals surface area contributed by atoms with Crippen LogP contribution in [0.1, 0.15) is 24.6 Å². The highest BCUT2D eigenvalue weighted by Crippen LogP contribution is 2.23. The Balaban J connectivity index is 0.00000144. The fourth-order valence-corrected chi connectivity index (χ4v) is 2.44. The van der Waals surface area contributed by atoms with Gasteiger partial charge in [-0.25, -0.2) is 0 Å². The highest BCUT2D eigenvalue weighted by Gasteiger charge is 2.27. The Morgan fingerprint density at radius 3 is 2.76 bits per heavy atom. The van der Waals surface area contributed by atoms with E-state index in [9.17, 15) is 0 Å². The Morgan fingerprint density at radius 2 is 2.24 bits per heavy atom. The number of pyridine rings is 1. The molecule has 96 valence electrons. The first-order valence-electron chi connectivity index (χ1n) is 6.04. The smallest absolute Gasteiger partial charge is 0.0372 e. The summed E-state index contributed by atoms with van der Waals surface area (Å²) in [4.78, 5) is 6.84. The van der Waals surface area contributed by atoms with E-state index in [2.05, 4.69) is 28.9 Å². The number of nitrogens with two attached hydrogens (primary N) is 1. The minimum atomic E-state index is 0. The molecule has 2 unspecified atom stereocenters. The monoisotopic (exact) mass is 255 g/mol. The Hall–Kier alpha value is -0.640. The topological polar surface area (TPSA) is 42.1 Å². The minimum absolute atomic E-state index is 0. The molecule has 0 saturated carbocycles. The average Bonchev–Trinajstić information content (AvgIpc) is 2.63. The van der Waals surface area contributed by atoms with Gasteiger partial charge in [0, 0.05) is 31.0 Å². The van der Waals surface area contributed by atoms with Crippen molar-refractivity contribution < 1.29 is 0 Å².